The molecule has 22 heavy (non-hydrogen) atoms. The predicted octanol–water partition coefficient (Wildman–Crippen LogP) is 4.20. The fourth-order valence-electron chi connectivity index (χ4n) is 2.33. The van der Waals surface area contributed by atoms with Crippen LogP contribution in [0.1, 0.15) is 5.69 Å². The molecule has 0 aliphatic rings. The highest BCUT2D eigenvalue weighted by atomic mass is 35.5. The van der Waals surface area contributed by atoms with E-state index in [1.165, 1.54) is 6.07 Å². The van der Waals surface area contributed by atoms with Gasteiger partial charge in [0.15, 0.2) is 0 Å². The van der Waals surface area contributed by atoms with Crippen molar-refractivity contribution in [2.75, 3.05) is 13.7 Å². The maximum absolute atomic E-state index is 10.1. The third kappa shape index (κ3) is 2.77. The summed E-state index contributed by atoms with van der Waals surface area (Å²) in [7, 11) is 1.66. The standard InChI is InChI=1S/C16H14Cl2N2O2/c1-22-7-5-11-9-20-6-4-10(8-14(20)19-11)15-13(21)3-2-12(17)16(15)18/h2-4,6,8-9,21H,5,7H2,1H3. The van der Waals surface area contributed by atoms with Crippen molar-refractivity contribution >= 4 is 28.8 Å². The Morgan fingerprint density at radius 1 is 1.27 bits per heavy atom. The molecule has 2 aromatic heterocycles. The van der Waals surface area contributed by atoms with E-state index in [1.807, 2.05) is 28.9 Å². The number of ether oxygens (including phenoxy) is 1. The Kier molecular flexibility index (Phi) is 4.25. The summed E-state index contributed by atoms with van der Waals surface area (Å²) in [6.07, 6.45) is 4.58. The lowest BCUT2D eigenvalue weighted by Crippen LogP contribution is -1.93. The van der Waals surface area contributed by atoms with Crippen molar-refractivity contribution in [3.63, 3.8) is 0 Å². The van der Waals surface area contributed by atoms with Gasteiger partial charge in [0.1, 0.15) is 11.4 Å². The Hall–Kier alpha value is -1.75. The Balaban J connectivity index is 2.07. The van der Waals surface area contributed by atoms with Gasteiger partial charge in [-0.05, 0) is 29.8 Å². The molecule has 4 nitrogen and oxygen atoms in total. The minimum atomic E-state index is 0.0879. The van der Waals surface area contributed by atoms with Crippen LogP contribution >= 0.6 is 23.2 Å². The van der Waals surface area contributed by atoms with Gasteiger partial charge in [0, 0.05) is 31.5 Å². The lowest BCUT2D eigenvalue weighted by molar-refractivity contribution is 0.201. The largest absolute Gasteiger partial charge is 0.507 e. The maximum Gasteiger partial charge on any atom is 0.137 e. The van der Waals surface area contributed by atoms with Crippen LogP contribution in [0.2, 0.25) is 10.0 Å². The van der Waals surface area contributed by atoms with Gasteiger partial charge in [-0.1, -0.05) is 23.2 Å². The number of aromatic nitrogens is 2. The number of imidazole rings is 1. The number of hydrogen-bond acceptors (Lipinski definition) is 3. The van der Waals surface area contributed by atoms with Crippen LogP contribution in [0.15, 0.2) is 36.7 Å². The van der Waals surface area contributed by atoms with E-state index in [9.17, 15) is 5.11 Å². The summed E-state index contributed by atoms with van der Waals surface area (Å²) in [5.74, 6) is 0.0879. The third-order valence-electron chi connectivity index (χ3n) is 3.43. The smallest absolute Gasteiger partial charge is 0.137 e. The molecule has 3 rings (SSSR count). The highest BCUT2D eigenvalue weighted by Gasteiger charge is 2.13. The van der Waals surface area contributed by atoms with Crippen molar-refractivity contribution in [2.24, 2.45) is 0 Å². The first kappa shape index (κ1) is 15.2. The first-order valence-corrected chi connectivity index (χ1v) is 7.49. The van der Waals surface area contributed by atoms with Crippen LogP contribution in [0.3, 0.4) is 0 Å². The van der Waals surface area contributed by atoms with Crippen molar-refractivity contribution in [1.82, 2.24) is 9.38 Å². The van der Waals surface area contributed by atoms with Gasteiger partial charge in [0.2, 0.25) is 0 Å². The number of halogens is 2. The van der Waals surface area contributed by atoms with Gasteiger partial charge >= 0.3 is 0 Å². The van der Waals surface area contributed by atoms with E-state index in [0.29, 0.717) is 22.2 Å². The first-order valence-electron chi connectivity index (χ1n) is 6.74. The van der Waals surface area contributed by atoms with E-state index in [1.54, 1.807) is 13.2 Å². The number of pyridine rings is 1. The number of fused-ring (bicyclic) bond motifs is 1. The number of nitrogens with zero attached hydrogens (tertiary/aromatic N) is 2. The lowest BCUT2D eigenvalue weighted by atomic mass is 10.1. The van der Waals surface area contributed by atoms with Gasteiger partial charge in [0.25, 0.3) is 0 Å². The zero-order valence-corrected chi connectivity index (χ0v) is 13.4. The van der Waals surface area contributed by atoms with Crippen molar-refractivity contribution in [3.05, 3.63) is 52.4 Å². The molecule has 2 heterocycles. The topological polar surface area (TPSA) is 46.8 Å². The Labute approximate surface area is 137 Å². The second-order valence-electron chi connectivity index (χ2n) is 4.91. The number of rotatable bonds is 4. The van der Waals surface area contributed by atoms with Crippen molar-refractivity contribution < 1.29 is 9.84 Å². The summed E-state index contributed by atoms with van der Waals surface area (Å²) in [6.45, 7) is 0.623. The summed E-state index contributed by atoms with van der Waals surface area (Å²) in [6, 6.07) is 6.84. The number of aromatic hydroxyl groups is 1. The highest BCUT2D eigenvalue weighted by molar-refractivity contribution is 6.44. The number of phenolic OH excluding ortho intramolecular Hbond substituents is 1. The molecule has 0 amide bonds. The van der Waals surface area contributed by atoms with E-state index in [-0.39, 0.29) is 5.75 Å². The van der Waals surface area contributed by atoms with Gasteiger partial charge in [0.05, 0.1) is 22.3 Å². The quantitative estimate of drug-likeness (QED) is 0.776. The van der Waals surface area contributed by atoms with Crippen LogP contribution in [0.25, 0.3) is 16.8 Å². The average Bonchev–Trinajstić information content (AvgIpc) is 2.91. The third-order valence-corrected chi connectivity index (χ3v) is 4.24. The number of hydrogen-bond donors (Lipinski definition) is 1. The molecule has 114 valence electrons. The van der Waals surface area contributed by atoms with Gasteiger partial charge in [-0.15, -0.1) is 0 Å². The molecule has 0 aliphatic heterocycles. The zero-order chi connectivity index (χ0) is 15.7. The van der Waals surface area contributed by atoms with Crippen LogP contribution in [0.5, 0.6) is 5.75 Å². The Morgan fingerprint density at radius 3 is 2.86 bits per heavy atom. The van der Waals surface area contributed by atoms with Gasteiger partial charge < -0.3 is 14.2 Å². The average molecular weight is 337 g/mol. The molecule has 0 saturated carbocycles. The van der Waals surface area contributed by atoms with E-state index in [0.717, 1.165) is 23.3 Å². The van der Waals surface area contributed by atoms with Crippen LogP contribution in [-0.4, -0.2) is 28.2 Å². The SMILES string of the molecule is COCCc1cn2ccc(-c3c(O)ccc(Cl)c3Cl)cc2n1. The molecule has 0 atom stereocenters. The highest BCUT2D eigenvalue weighted by Crippen LogP contribution is 2.40. The zero-order valence-electron chi connectivity index (χ0n) is 11.9. The first-order chi connectivity index (χ1) is 10.6. The molecule has 0 fully saturated rings. The Morgan fingerprint density at radius 2 is 2.09 bits per heavy atom. The van der Waals surface area contributed by atoms with Crippen LogP contribution in [-0.2, 0) is 11.2 Å². The van der Waals surface area contributed by atoms with Crippen LogP contribution < -0.4 is 0 Å². The fourth-order valence-corrected chi connectivity index (χ4v) is 2.76. The molecule has 0 spiro atoms. The molecule has 0 bridgehead atoms. The second-order valence-corrected chi connectivity index (χ2v) is 5.70. The van der Waals surface area contributed by atoms with Crippen molar-refractivity contribution in [2.45, 2.75) is 6.42 Å². The van der Waals surface area contributed by atoms with Crippen molar-refractivity contribution in [1.29, 1.82) is 0 Å². The molecule has 0 radical (unpaired) electrons. The summed E-state index contributed by atoms with van der Waals surface area (Å²) in [4.78, 5) is 4.54. The Bertz CT molecular complexity index is 830. The lowest BCUT2D eigenvalue weighted by Gasteiger charge is -2.09. The molecule has 0 unspecified atom stereocenters. The van der Waals surface area contributed by atoms with Crippen LogP contribution in [0, 0.1) is 0 Å². The molecule has 0 aliphatic carbocycles. The van der Waals surface area contributed by atoms with Gasteiger partial charge in [-0.2, -0.15) is 0 Å². The molecule has 1 aromatic carbocycles. The normalized spacial score (nSPS) is 11.2. The van der Waals surface area contributed by atoms with Crippen molar-refractivity contribution in [3.8, 4) is 16.9 Å². The van der Waals surface area contributed by atoms with E-state index in [4.69, 9.17) is 27.9 Å². The molecule has 6 heteroatoms. The van der Waals surface area contributed by atoms with E-state index < -0.39 is 0 Å². The minimum absolute atomic E-state index is 0.0879. The molecule has 3 aromatic rings. The maximum atomic E-state index is 10.1. The van der Waals surface area contributed by atoms with Crippen LogP contribution in [0.4, 0.5) is 0 Å². The summed E-state index contributed by atoms with van der Waals surface area (Å²) < 4.78 is 6.99. The number of methoxy groups -OCH3 is 1. The van der Waals surface area contributed by atoms with E-state index in [2.05, 4.69) is 4.98 Å². The summed E-state index contributed by atoms with van der Waals surface area (Å²) >= 11 is 12.3. The molecular formula is C16H14Cl2N2O2. The summed E-state index contributed by atoms with van der Waals surface area (Å²) in [5, 5.41) is 10.8. The summed E-state index contributed by atoms with van der Waals surface area (Å²) in [5.41, 5.74) is 3.00. The molecular weight excluding hydrogens is 323 g/mol. The number of phenols is 1. The van der Waals surface area contributed by atoms with Gasteiger partial charge in [-0.3, -0.25) is 0 Å². The second kappa shape index (κ2) is 6.16. The predicted molar refractivity (Wildman–Crippen MR) is 87.9 cm³/mol. The molecule has 0 saturated heterocycles. The minimum Gasteiger partial charge on any atom is -0.507 e. The number of benzene rings is 1. The molecule has 1 N–H and O–H groups in total. The monoisotopic (exact) mass is 336 g/mol. The fraction of sp³-hybridized carbons (Fsp3) is 0.188. The van der Waals surface area contributed by atoms with Gasteiger partial charge in [-0.25, -0.2) is 4.98 Å². The van der Waals surface area contributed by atoms with E-state index >= 15 is 0 Å².